The van der Waals surface area contributed by atoms with Crippen molar-refractivity contribution in [3.8, 4) is 11.3 Å². The van der Waals surface area contributed by atoms with E-state index in [4.69, 9.17) is 5.73 Å². The van der Waals surface area contributed by atoms with Crippen LogP contribution in [0.25, 0.3) is 27.8 Å². The molecule has 1 amide bonds. The molecule has 0 radical (unpaired) electrons. The molecule has 5 rings (SSSR count). The number of rotatable bonds is 4. The van der Waals surface area contributed by atoms with Crippen LogP contribution in [0.15, 0.2) is 42.4 Å². The van der Waals surface area contributed by atoms with Crippen molar-refractivity contribution in [2.24, 2.45) is 0 Å². The second kappa shape index (κ2) is 7.76. The zero-order chi connectivity index (χ0) is 24.2. The summed E-state index contributed by atoms with van der Waals surface area (Å²) >= 11 is 1.16. The Morgan fingerprint density at radius 2 is 2.00 bits per heavy atom. The minimum atomic E-state index is -4.63. The molecule has 5 aromatic rings. The molecule has 9 nitrogen and oxygen atoms in total. The number of carbonyl (C=O) groups excluding carboxylic acids is 1. The molecule has 0 aliphatic rings. The Morgan fingerprint density at radius 1 is 1.21 bits per heavy atom. The molecule has 34 heavy (non-hydrogen) atoms. The van der Waals surface area contributed by atoms with E-state index in [1.165, 1.54) is 30.5 Å². The lowest BCUT2D eigenvalue weighted by molar-refractivity contribution is -0.212. The fraction of sp³-hybridized carbons (Fsp3) is 0.150. The van der Waals surface area contributed by atoms with Gasteiger partial charge in [0.2, 0.25) is 0 Å². The molecule has 14 heteroatoms. The van der Waals surface area contributed by atoms with E-state index in [1.54, 1.807) is 9.78 Å². The standard InChI is InChI=1S/C20H14F4N8OS/c1-30(7-17-28-14(8-34-17)10-4-27-32(6-10)20(22,23)24)19(33)11-2-15-13(3-12(11)21)29-18(25)16-5-26-9-31(15)16/h2-6,8-9H,7H2,1H3,(H2,25,29). The lowest BCUT2D eigenvalue weighted by Gasteiger charge is -2.17. The predicted molar refractivity (Wildman–Crippen MR) is 115 cm³/mol. The normalized spacial score (nSPS) is 12.0. The molecule has 0 saturated carbocycles. The molecule has 0 saturated heterocycles. The summed E-state index contributed by atoms with van der Waals surface area (Å²) in [6, 6.07) is 2.51. The minimum Gasteiger partial charge on any atom is -0.382 e. The number of thiazole rings is 1. The molecule has 2 N–H and O–H groups in total. The van der Waals surface area contributed by atoms with Crippen LogP contribution in [0.3, 0.4) is 0 Å². The van der Waals surface area contributed by atoms with Crippen molar-refractivity contribution >= 4 is 39.6 Å². The smallest absolute Gasteiger partial charge is 0.382 e. The summed E-state index contributed by atoms with van der Waals surface area (Å²) in [5.41, 5.74) is 7.42. The zero-order valence-electron chi connectivity index (χ0n) is 17.3. The molecule has 0 bridgehead atoms. The maximum atomic E-state index is 14.8. The summed E-state index contributed by atoms with van der Waals surface area (Å²) in [7, 11) is 1.47. The summed E-state index contributed by atoms with van der Waals surface area (Å²) in [5, 5.41) is 5.31. The number of hydrogen-bond donors (Lipinski definition) is 1. The van der Waals surface area contributed by atoms with Gasteiger partial charge in [-0.1, -0.05) is 0 Å². The fourth-order valence-corrected chi connectivity index (χ4v) is 4.31. The van der Waals surface area contributed by atoms with Gasteiger partial charge in [-0.2, -0.15) is 9.78 Å². The Morgan fingerprint density at radius 3 is 2.74 bits per heavy atom. The van der Waals surface area contributed by atoms with Gasteiger partial charge in [0, 0.05) is 30.3 Å². The number of hydrogen-bond acceptors (Lipinski definition) is 7. The number of nitrogens with zero attached hydrogens (tertiary/aromatic N) is 7. The van der Waals surface area contributed by atoms with Crippen LogP contribution < -0.4 is 5.73 Å². The van der Waals surface area contributed by atoms with E-state index in [0.29, 0.717) is 21.7 Å². The van der Waals surface area contributed by atoms with E-state index >= 15 is 0 Å². The fourth-order valence-electron chi connectivity index (χ4n) is 3.45. The van der Waals surface area contributed by atoms with Crippen LogP contribution in [-0.4, -0.2) is 47.0 Å². The van der Waals surface area contributed by atoms with E-state index in [9.17, 15) is 22.4 Å². The van der Waals surface area contributed by atoms with Gasteiger partial charge in [0.25, 0.3) is 5.91 Å². The van der Waals surface area contributed by atoms with Gasteiger partial charge in [-0.25, -0.2) is 19.3 Å². The lowest BCUT2D eigenvalue weighted by atomic mass is 10.1. The van der Waals surface area contributed by atoms with Crippen molar-refractivity contribution in [2.45, 2.75) is 12.8 Å². The van der Waals surface area contributed by atoms with Crippen molar-refractivity contribution in [1.82, 2.24) is 34.0 Å². The lowest BCUT2D eigenvalue weighted by Crippen LogP contribution is -2.27. The quantitative estimate of drug-likeness (QED) is 0.385. The van der Waals surface area contributed by atoms with Gasteiger partial charge in [-0.05, 0) is 6.07 Å². The first kappa shape index (κ1) is 21.8. The zero-order valence-corrected chi connectivity index (χ0v) is 18.1. The molecule has 4 aromatic heterocycles. The Kier molecular flexibility index (Phi) is 4.97. The van der Waals surface area contributed by atoms with Gasteiger partial charge in [0.15, 0.2) is 0 Å². The Hall–Kier alpha value is -4.07. The highest BCUT2D eigenvalue weighted by Crippen LogP contribution is 2.28. The molecule has 0 fully saturated rings. The number of benzene rings is 1. The summed E-state index contributed by atoms with van der Waals surface area (Å²) in [6.45, 7) is 0.0227. The van der Waals surface area contributed by atoms with E-state index in [0.717, 1.165) is 29.8 Å². The van der Waals surface area contributed by atoms with Crippen molar-refractivity contribution in [1.29, 1.82) is 0 Å². The van der Waals surface area contributed by atoms with Gasteiger partial charge >= 0.3 is 6.30 Å². The number of nitrogens with two attached hydrogens (primary N) is 1. The first-order chi connectivity index (χ1) is 16.1. The molecule has 1 aromatic carbocycles. The number of fused-ring (bicyclic) bond motifs is 3. The van der Waals surface area contributed by atoms with Crippen molar-refractivity contribution in [2.75, 3.05) is 12.8 Å². The third kappa shape index (κ3) is 3.71. The largest absolute Gasteiger partial charge is 0.504 e. The minimum absolute atomic E-state index is 0.0227. The number of imidazole rings is 1. The van der Waals surface area contributed by atoms with Crippen LogP contribution in [0.1, 0.15) is 15.4 Å². The maximum Gasteiger partial charge on any atom is 0.504 e. The number of halogens is 4. The highest BCUT2D eigenvalue weighted by molar-refractivity contribution is 7.09. The van der Waals surface area contributed by atoms with E-state index in [2.05, 4.69) is 20.1 Å². The van der Waals surface area contributed by atoms with Gasteiger partial charge in [0.1, 0.15) is 22.2 Å². The van der Waals surface area contributed by atoms with Crippen LogP contribution in [0, 0.1) is 5.82 Å². The van der Waals surface area contributed by atoms with Crippen LogP contribution in [0.2, 0.25) is 0 Å². The second-order valence-electron chi connectivity index (χ2n) is 7.40. The summed E-state index contributed by atoms with van der Waals surface area (Å²) < 4.78 is 54.5. The van der Waals surface area contributed by atoms with Gasteiger partial charge in [-0.3, -0.25) is 9.20 Å². The second-order valence-corrected chi connectivity index (χ2v) is 8.34. The number of alkyl halides is 3. The van der Waals surface area contributed by atoms with Crippen LogP contribution in [-0.2, 0) is 12.8 Å². The molecule has 174 valence electrons. The third-order valence-electron chi connectivity index (χ3n) is 5.11. The molecule has 0 spiro atoms. The van der Waals surface area contributed by atoms with Gasteiger partial charge in [0.05, 0.1) is 47.6 Å². The highest BCUT2D eigenvalue weighted by atomic mass is 32.1. The topological polar surface area (TPSA) is 107 Å². The highest BCUT2D eigenvalue weighted by Gasteiger charge is 2.32. The first-order valence-electron chi connectivity index (χ1n) is 9.64. The predicted octanol–water partition coefficient (Wildman–Crippen LogP) is 3.67. The summed E-state index contributed by atoms with van der Waals surface area (Å²) in [5.74, 6) is -1.19. The van der Waals surface area contributed by atoms with E-state index < -0.39 is 18.0 Å². The SMILES string of the molecule is CN(Cc1nc(-c2cnn(C(F)(F)F)c2)cs1)C(=O)c1cc2c(cc1F)nc(N)c1cncn12. The summed E-state index contributed by atoms with van der Waals surface area (Å²) in [6.07, 6.45) is 0.261. The number of amides is 1. The Bertz CT molecular complexity index is 1550. The number of carbonyl (C=O) groups is 1. The van der Waals surface area contributed by atoms with Crippen molar-refractivity contribution in [3.63, 3.8) is 0 Å². The molecule has 0 aliphatic heterocycles. The van der Waals surface area contributed by atoms with Gasteiger partial charge in [-0.15, -0.1) is 24.5 Å². The van der Waals surface area contributed by atoms with E-state index in [1.807, 2.05) is 0 Å². The van der Waals surface area contributed by atoms with Crippen LogP contribution in [0.5, 0.6) is 0 Å². The van der Waals surface area contributed by atoms with Crippen LogP contribution >= 0.6 is 11.3 Å². The number of anilines is 1. The Labute approximate surface area is 192 Å². The third-order valence-corrected chi connectivity index (χ3v) is 5.94. The van der Waals surface area contributed by atoms with Crippen molar-refractivity contribution in [3.05, 3.63) is 58.8 Å². The Balaban J connectivity index is 1.40. The number of aromatic nitrogens is 6. The molecule has 0 unspecified atom stereocenters. The first-order valence-corrected chi connectivity index (χ1v) is 10.5. The molecular formula is C20H14F4N8OS. The monoisotopic (exact) mass is 490 g/mol. The number of nitrogen functional groups attached to an aromatic ring is 1. The average Bonchev–Trinajstić information content (AvgIpc) is 3.52. The van der Waals surface area contributed by atoms with Crippen LogP contribution in [0.4, 0.5) is 23.4 Å². The molecule has 0 atom stereocenters. The maximum absolute atomic E-state index is 14.8. The molecule has 4 heterocycles. The molecular weight excluding hydrogens is 476 g/mol. The van der Waals surface area contributed by atoms with Crippen molar-refractivity contribution < 1.29 is 22.4 Å². The molecule has 0 aliphatic carbocycles. The summed E-state index contributed by atoms with van der Waals surface area (Å²) in [4.78, 5) is 26.7. The van der Waals surface area contributed by atoms with E-state index in [-0.39, 0.29) is 33.7 Å². The average molecular weight is 490 g/mol. The van der Waals surface area contributed by atoms with Gasteiger partial charge < -0.3 is 10.6 Å².